The number of rotatable bonds is 4. The molecule has 0 radical (unpaired) electrons. The minimum atomic E-state index is -0.137. The van der Waals surface area contributed by atoms with Crippen LogP contribution in [0.4, 0.5) is 0 Å². The molecule has 27 heavy (non-hydrogen) atoms. The third kappa shape index (κ3) is 3.16. The lowest BCUT2D eigenvalue weighted by atomic mass is 9.95. The van der Waals surface area contributed by atoms with E-state index in [0.29, 0.717) is 11.6 Å². The topological polar surface area (TPSA) is 46.9 Å². The number of carbonyl (C=O) groups excluding carboxylic acids is 1. The number of nitrogens with zero attached hydrogens (tertiary/aromatic N) is 2. The number of aromatic nitrogens is 2. The van der Waals surface area contributed by atoms with E-state index >= 15 is 0 Å². The average Bonchev–Trinajstić information content (AvgIpc) is 3.13. The SMILES string of the molecule is Cc1cc(C)cc(-n2nc3c(c2CC(C)C)C(c2ccccc2)NC3=O)c1. The van der Waals surface area contributed by atoms with Crippen molar-refractivity contribution in [2.45, 2.75) is 40.2 Å². The number of benzene rings is 2. The Balaban J connectivity index is 1.92. The maximum Gasteiger partial charge on any atom is 0.272 e. The summed E-state index contributed by atoms with van der Waals surface area (Å²) in [7, 11) is 0. The van der Waals surface area contributed by atoms with Crippen molar-refractivity contribution < 1.29 is 4.79 Å². The van der Waals surface area contributed by atoms with E-state index in [4.69, 9.17) is 5.10 Å². The van der Waals surface area contributed by atoms with Crippen molar-refractivity contribution in [3.8, 4) is 5.69 Å². The first-order valence-electron chi connectivity index (χ1n) is 9.50. The number of aryl methyl sites for hydroxylation is 2. The molecule has 1 atom stereocenters. The fraction of sp³-hybridized carbons (Fsp3) is 0.304. The van der Waals surface area contributed by atoms with E-state index in [0.717, 1.165) is 28.9 Å². The van der Waals surface area contributed by atoms with Crippen molar-refractivity contribution in [1.82, 2.24) is 15.1 Å². The molecule has 0 fully saturated rings. The van der Waals surface area contributed by atoms with Crippen LogP contribution >= 0.6 is 0 Å². The first kappa shape index (κ1) is 17.5. The van der Waals surface area contributed by atoms with Gasteiger partial charge in [-0.3, -0.25) is 4.79 Å². The number of carbonyl (C=O) groups is 1. The van der Waals surface area contributed by atoms with Gasteiger partial charge in [0.1, 0.15) is 0 Å². The summed E-state index contributed by atoms with van der Waals surface area (Å²) in [5, 5.41) is 7.87. The summed E-state index contributed by atoms with van der Waals surface area (Å²) in [6.07, 6.45) is 0.869. The van der Waals surface area contributed by atoms with Crippen molar-refractivity contribution in [2.24, 2.45) is 5.92 Å². The summed E-state index contributed by atoms with van der Waals surface area (Å²) >= 11 is 0. The van der Waals surface area contributed by atoms with Crippen LogP contribution in [0.25, 0.3) is 5.69 Å². The second-order valence-corrected chi connectivity index (χ2v) is 7.88. The summed E-state index contributed by atoms with van der Waals surface area (Å²) in [6.45, 7) is 8.59. The zero-order chi connectivity index (χ0) is 19.1. The first-order chi connectivity index (χ1) is 12.9. The molecular weight excluding hydrogens is 334 g/mol. The van der Waals surface area contributed by atoms with E-state index in [-0.39, 0.29) is 11.9 Å². The molecule has 0 spiro atoms. The van der Waals surface area contributed by atoms with Crippen molar-refractivity contribution in [1.29, 1.82) is 0 Å². The molecule has 0 saturated carbocycles. The van der Waals surface area contributed by atoms with Crippen LogP contribution in [0, 0.1) is 19.8 Å². The van der Waals surface area contributed by atoms with Crippen LogP contribution in [0.2, 0.25) is 0 Å². The van der Waals surface area contributed by atoms with Gasteiger partial charge in [-0.1, -0.05) is 50.2 Å². The molecule has 4 nitrogen and oxygen atoms in total. The lowest BCUT2D eigenvalue weighted by molar-refractivity contribution is 0.0955. The van der Waals surface area contributed by atoms with Crippen LogP contribution in [0.15, 0.2) is 48.5 Å². The van der Waals surface area contributed by atoms with Gasteiger partial charge in [0.15, 0.2) is 5.69 Å². The fourth-order valence-corrected chi connectivity index (χ4v) is 3.97. The van der Waals surface area contributed by atoms with E-state index in [1.165, 1.54) is 11.1 Å². The molecule has 0 aliphatic carbocycles. The smallest absolute Gasteiger partial charge is 0.272 e. The van der Waals surface area contributed by atoms with E-state index in [1.807, 2.05) is 22.9 Å². The monoisotopic (exact) mass is 359 g/mol. The molecule has 0 saturated heterocycles. The van der Waals surface area contributed by atoms with Crippen LogP contribution < -0.4 is 5.32 Å². The third-order valence-electron chi connectivity index (χ3n) is 4.99. The molecule has 1 aliphatic rings. The van der Waals surface area contributed by atoms with Gasteiger partial charge in [0.05, 0.1) is 17.4 Å². The normalized spacial score (nSPS) is 15.9. The minimum absolute atomic E-state index is 0.0908. The minimum Gasteiger partial charge on any atom is -0.340 e. The van der Waals surface area contributed by atoms with Gasteiger partial charge in [0.2, 0.25) is 0 Å². The second kappa shape index (κ2) is 6.69. The van der Waals surface area contributed by atoms with Gasteiger partial charge in [-0.15, -0.1) is 0 Å². The van der Waals surface area contributed by atoms with Gasteiger partial charge < -0.3 is 5.32 Å². The van der Waals surface area contributed by atoms with Gasteiger partial charge in [0, 0.05) is 5.56 Å². The summed E-state index contributed by atoms with van der Waals surface area (Å²) in [6, 6.07) is 16.4. The Kier molecular flexibility index (Phi) is 4.34. The van der Waals surface area contributed by atoms with Crippen LogP contribution in [0.3, 0.4) is 0 Å². The number of fused-ring (bicyclic) bond motifs is 1. The van der Waals surface area contributed by atoms with E-state index in [2.05, 4.69) is 63.3 Å². The van der Waals surface area contributed by atoms with Gasteiger partial charge in [0.25, 0.3) is 5.91 Å². The Morgan fingerprint density at radius 3 is 2.37 bits per heavy atom. The van der Waals surface area contributed by atoms with Gasteiger partial charge in [-0.2, -0.15) is 5.10 Å². The summed E-state index contributed by atoms with van der Waals surface area (Å²) in [4.78, 5) is 12.7. The van der Waals surface area contributed by atoms with Crippen LogP contribution in [0.5, 0.6) is 0 Å². The molecule has 1 N–H and O–H groups in total. The molecule has 4 rings (SSSR count). The highest BCUT2D eigenvalue weighted by Crippen LogP contribution is 2.35. The van der Waals surface area contributed by atoms with Crippen LogP contribution in [-0.4, -0.2) is 15.7 Å². The number of hydrogen-bond donors (Lipinski definition) is 1. The molecule has 1 aromatic heterocycles. The van der Waals surface area contributed by atoms with E-state index in [9.17, 15) is 4.79 Å². The molecule has 2 heterocycles. The fourth-order valence-electron chi connectivity index (χ4n) is 3.97. The zero-order valence-corrected chi connectivity index (χ0v) is 16.3. The summed E-state index contributed by atoms with van der Waals surface area (Å²) in [5.74, 6) is 0.370. The average molecular weight is 359 g/mol. The molecule has 1 amide bonds. The predicted octanol–water partition coefficient (Wildman–Crippen LogP) is 4.52. The Labute approximate surface area is 160 Å². The van der Waals surface area contributed by atoms with Crippen molar-refractivity contribution >= 4 is 5.91 Å². The number of hydrogen-bond acceptors (Lipinski definition) is 2. The molecule has 2 aromatic carbocycles. The molecule has 1 aliphatic heterocycles. The highest BCUT2D eigenvalue weighted by atomic mass is 16.2. The maximum absolute atomic E-state index is 12.7. The molecule has 138 valence electrons. The van der Waals surface area contributed by atoms with E-state index < -0.39 is 0 Å². The Morgan fingerprint density at radius 1 is 1.07 bits per heavy atom. The van der Waals surface area contributed by atoms with Gasteiger partial charge >= 0.3 is 0 Å². The first-order valence-corrected chi connectivity index (χ1v) is 9.50. The molecule has 0 bridgehead atoms. The highest BCUT2D eigenvalue weighted by molar-refractivity contribution is 5.98. The third-order valence-corrected chi connectivity index (χ3v) is 4.99. The lowest BCUT2D eigenvalue weighted by Crippen LogP contribution is -2.23. The van der Waals surface area contributed by atoms with Gasteiger partial charge in [-0.05, 0) is 55.0 Å². The Bertz CT molecular complexity index is 982. The number of nitrogens with one attached hydrogen (secondary N) is 1. The maximum atomic E-state index is 12.7. The predicted molar refractivity (Wildman–Crippen MR) is 107 cm³/mol. The van der Waals surface area contributed by atoms with Crippen LogP contribution in [0.1, 0.15) is 58.3 Å². The quantitative estimate of drug-likeness (QED) is 0.744. The lowest BCUT2D eigenvalue weighted by Gasteiger charge is -2.17. The highest BCUT2D eigenvalue weighted by Gasteiger charge is 2.37. The number of amides is 1. The Morgan fingerprint density at radius 2 is 1.74 bits per heavy atom. The summed E-state index contributed by atoms with van der Waals surface area (Å²) < 4.78 is 1.99. The van der Waals surface area contributed by atoms with Crippen LogP contribution in [-0.2, 0) is 6.42 Å². The standard InChI is InChI=1S/C23H25N3O/c1-14(2)10-19-20-21(17-8-6-5-7-9-17)24-23(27)22(20)25-26(19)18-12-15(3)11-16(4)13-18/h5-9,11-14,21H,10H2,1-4H3,(H,24,27). The molecule has 3 aromatic rings. The largest absolute Gasteiger partial charge is 0.340 e. The molecule has 1 unspecified atom stereocenters. The van der Waals surface area contributed by atoms with Crippen molar-refractivity contribution in [3.05, 3.63) is 82.2 Å². The Hall–Kier alpha value is -2.88. The van der Waals surface area contributed by atoms with E-state index in [1.54, 1.807) is 0 Å². The summed E-state index contributed by atoms with van der Waals surface area (Å²) in [5.41, 5.74) is 7.21. The molecular formula is C23H25N3O. The zero-order valence-electron chi connectivity index (χ0n) is 16.3. The van der Waals surface area contributed by atoms with Gasteiger partial charge in [-0.25, -0.2) is 4.68 Å². The van der Waals surface area contributed by atoms with Crippen molar-refractivity contribution in [2.75, 3.05) is 0 Å². The van der Waals surface area contributed by atoms with Crippen molar-refractivity contribution in [3.63, 3.8) is 0 Å². The molecule has 4 heteroatoms. The second-order valence-electron chi connectivity index (χ2n) is 7.88.